The molecule has 1 atom stereocenters. The summed E-state index contributed by atoms with van der Waals surface area (Å²) in [5, 5.41) is 0. The minimum atomic E-state index is -3.71. The second kappa shape index (κ2) is 4.41. The van der Waals surface area contributed by atoms with E-state index < -0.39 is 25.0 Å². The zero-order valence-electron chi connectivity index (χ0n) is 10.1. The molecular weight excluding hydrogens is 499 g/mol. The lowest BCUT2D eigenvalue weighted by molar-refractivity contribution is -0.157. The molecule has 5 rings (SSSR count). The number of ether oxygens (including phenoxy) is 1. The van der Waals surface area contributed by atoms with Crippen LogP contribution in [0.25, 0.3) is 0 Å². The van der Waals surface area contributed by atoms with E-state index in [-0.39, 0.29) is 13.2 Å². The molecule has 0 radical (unpaired) electrons. The molecule has 0 aliphatic carbocycles. The normalized spacial score (nSPS) is 40.4. The van der Waals surface area contributed by atoms with Crippen molar-refractivity contribution in [2.24, 2.45) is 0 Å². The summed E-state index contributed by atoms with van der Waals surface area (Å²) in [7, 11) is -3.71. The fourth-order valence-corrected chi connectivity index (χ4v) is 5.83. The Kier molecular flexibility index (Phi) is 3.11. The van der Waals surface area contributed by atoms with Crippen molar-refractivity contribution in [1.82, 2.24) is 0 Å². The molecule has 0 saturated carbocycles. The Hall–Kier alpha value is 0.240. The second-order valence-corrected chi connectivity index (χ2v) is 8.93. The molecule has 10 heteroatoms. The minimum absolute atomic E-state index is 0.0166. The van der Waals surface area contributed by atoms with Gasteiger partial charge in [-0.3, -0.25) is 9.05 Å². The Bertz CT molecular complexity index is 725. The largest absolute Gasteiger partial charge is 0.478 e. The van der Waals surface area contributed by atoms with Crippen molar-refractivity contribution < 1.29 is 27.7 Å². The molecule has 0 N–H and O–H groups in total. The van der Waals surface area contributed by atoms with Crippen LogP contribution < -0.4 is 0 Å². The van der Waals surface area contributed by atoms with E-state index in [1.807, 2.05) is 12.1 Å². The van der Waals surface area contributed by atoms with Gasteiger partial charge in [-0.2, -0.15) is 0 Å². The van der Waals surface area contributed by atoms with E-state index in [1.165, 1.54) is 0 Å². The fraction of sp³-hybridized carbons (Fsp3) is 0.364. The molecule has 4 saturated heterocycles. The molecule has 4 aliphatic rings. The molecule has 0 amide bonds. The lowest BCUT2D eigenvalue weighted by Gasteiger charge is -2.46. The van der Waals surface area contributed by atoms with Gasteiger partial charge in [-0.1, -0.05) is 6.07 Å². The highest BCUT2D eigenvalue weighted by atomic mass is 79.9. The highest BCUT2D eigenvalue weighted by molar-refractivity contribution is 9.14. The minimum Gasteiger partial charge on any atom is -0.415 e. The first kappa shape index (κ1) is 14.8. The molecule has 112 valence electrons. The zero-order chi connectivity index (χ0) is 15.0. The van der Waals surface area contributed by atoms with Crippen LogP contribution in [0.1, 0.15) is 5.56 Å². The molecular formula is C11H6Br3O6P. The Balaban J connectivity index is 1.93. The number of carbonyl (C=O) groups is 1. The van der Waals surface area contributed by atoms with Crippen molar-refractivity contribution in [2.45, 2.75) is 11.2 Å². The average Bonchev–Trinajstić information content (AvgIpc) is 3.07. The lowest BCUT2D eigenvalue weighted by Crippen LogP contribution is -2.58. The van der Waals surface area contributed by atoms with Crippen LogP contribution in [0.5, 0.6) is 0 Å². The van der Waals surface area contributed by atoms with Crippen LogP contribution in [0.3, 0.4) is 0 Å². The molecule has 21 heavy (non-hydrogen) atoms. The van der Waals surface area contributed by atoms with E-state index in [1.54, 1.807) is 0 Å². The van der Waals surface area contributed by atoms with E-state index in [9.17, 15) is 9.36 Å². The Labute approximate surface area is 144 Å². The van der Waals surface area contributed by atoms with Crippen LogP contribution in [-0.2, 0) is 33.1 Å². The summed E-state index contributed by atoms with van der Waals surface area (Å²) in [6, 6.07) is 3.63. The lowest BCUT2D eigenvalue weighted by atomic mass is 9.76. The molecule has 1 aromatic rings. The summed E-state index contributed by atoms with van der Waals surface area (Å²) < 4.78 is 35.2. The molecule has 1 aromatic carbocycles. The maximum Gasteiger partial charge on any atom is 0.478 e. The van der Waals surface area contributed by atoms with Gasteiger partial charge in [-0.05, 0) is 59.4 Å². The van der Waals surface area contributed by atoms with Crippen LogP contribution in [0.15, 0.2) is 25.6 Å². The molecule has 4 aliphatic heterocycles. The number of rotatable bonds is 1. The van der Waals surface area contributed by atoms with Gasteiger partial charge in [0, 0.05) is 13.4 Å². The smallest absolute Gasteiger partial charge is 0.415 e. The van der Waals surface area contributed by atoms with E-state index in [2.05, 4.69) is 47.8 Å². The van der Waals surface area contributed by atoms with Gasteiger partial charge in [0.1, 0.15) is 5.41 Å². The third kappa shape index (κ3) is 1.80. The zero-order valence-corrected chi connectivity index (χ0v) is 15.8. The Morgan fingerprint density at radius 3 is 2.29 bits per heavy atom. The van der Waals surface area contributed by atoms with Crippen molar-refractivity contribution in [3.05, 3.63) is 31.1 Å². The molecule has 1 unspecified atom stereocenters. The fourth-order valence-electron chi connectivity index (χ4n) is 2.63. The molecule has 4 heterocycles. The van der Waals surface area contributed by atoms with Gasteiger partial charge in [-0.25, -0.2) is 13.9 Å². The van der Waals surface area contributed by atoms with Gasteiger partial charge in [0.15, 0.2) is 0 Å². The van der Waals surface area contributed by atoms with Gasteiger partial charge in [0.05, 0.1) is 13.2 Å². The van der Waals surface area contributed by atoms with Gasteiger partial charge in [-0.15, -0.1) is 0 Å². The molecule has 6 nitrogen and oxygen atoms in total. The number of hydrogen-bond donors (Lipinski definition) is 0. The summed E-state index contributed by atoms with van der Waals surface area (Å²) in [6.45, 7) is 0.0331. The number of benzene rings is 1. The summed E-state index contributed by atoms with van der Waals surface area (Å²) in [5.41, 5.74) is -0.285. The Morgan fingerprint density at radius 2 is 1.71 bits per heavy atom. The van der Waals surface area contributed by atoms with Crippen molar-refractivity contribution in [3.8, 4) is 0 Å². The maximum absolute atomic E-state index is 12.1. The quantitative estimate of drug-likeness (QED) is 0.330. The number of fused-ring (bicyclic) bond motifs is 2. The highest BCUT2D eigenvalue weighted by Gasteiger charge is 2.82. The van der Waals surface area contributed by atoms with Crippen LogP contribution in [0.4, 0.5) is 0 Å². The first-order chi connectivity index (χ1) is 9.84. The van der Waals surface area contributed by atoms with Crippen molar-refractivity contribution in [2.75, 3.05) is 13.2 Å². The number of hydrogen-bond acceptors (Lipinski definition) is 6. The highest BCUT2D eigenvalue weighted by Crippen LogP contribution is 2.71. The van der Waals surface area contributed by atoms with E-state index in [0.717, 1.165) is 14.5 Å². The summed E-state index contributed by atoms with van der Waals surface area (Å²) in [6.07, 6.45) is 0. The number of epoxide rings is 1. The van der Waals surface area contributed by atoms with Crippen molar-refractivity contribution >= 4 is 61.6 Å². The van der Waals surface area contributed by atoms with Crippen molar-refractivity contribution in [1.29, 1.82) is 0 Å². The molecule has 4 fully saturated rings. The number of phosphoric ester groups is 1. The maximum atomic E-state index is 12.1. The number of halogens is 3. The van der Waals surface area contributed by atoms with Gasteiger partial charge in [0.2, 0.25) is 0 Å². The summed E-state index contributed by atoms with van der Waals surface area (Å²) in [4.78, 5) is 11.8. The van der Waals surface area contributed by atoms with E-state index in [0.29, 0.717) is 4.47 Å². The Morgan fingerprint density at radius 1 is 1.10 bits per heavy atom. The van der Waals surface area contributed by atoms with Crippen LogP contribution in [0.2, 0.25) is 0 Å². The second-order valence-electron chi connectivity index (χ2n) is 4.90. The molecule has 1 spiro atoms. The molecule has 2 bridgehead atoms. The average molecular weight is 505 g/mol. The third-order valence-electron chi connectivity index (χ3n) is 3.82. The van der Waals surface area contributed by atoms with Crippen LogP contribution >= 0.6 is 55.6 Å². The predicted molar refractivity (Wildman–Crippen MR) is 80.6 cm³/mol. The number of phosphoric acid groups is 1. The third-order valence-corrected chi connectivity index (χ3v) is 8.57. The van der Waals surface area contributed by atoms with E-state index in [4.69, 9.17) is 18.3 Å². The van der Waals surface area contributed by atoms with E-state index >= 15 is 0 Å². The van der Waals surface area contributed by atoms with Crippen molar-refractivity contribution in [3.63, 3.8) is 0 Å². The molecule has 0 aromatic heterocycles. The topological polar surface area (TPSA) is 74.4 Å². The van der Waals surface area contributed by atoms with Crippen LogP contribution in [-0.4, -0.2) is 25.0 Å². The first-order valence-electron chi connectivity index (χ1n) is 5.81. The predicted octanol–water partition coefficient (Wildman–Crippen LogP) is 3.65. The van der Waals surface area contributed by atoms with Gasteiger partial charge < -0.3 is 4.74 Å². The van der Waals surface area contributed by atoms with Gasteiger partial charge in [0.25, 0.3) is 0 Å². The SMILES string of the molecule is O=C1OC12OP1(=O)OCC2(c2ccc(Br)c(Br)c2Br)CO1. The summed E-state index contributed by atoms with van der Waals surface area (Å²) >= 11 is 10.3. The standard InChI is InChI=1S/C11H6Br3O6P/c12-6-2-1-5(7(13)8(6)14)10-3-17-21(16,18-4-10)20-11(10)9(15)19-11/h1-2H,3-4H2. The first-order valence-corrected chi connectivity index (χ1v) is 9.65. The summed E-state index contributed by atoms with van der Waals surface area (Å²) in [5.74, 6) is -2.13. The van der Waals surface area contributed by atoms with Gasteiger partial charge >= 0.3 is 19.6 Å². The number of carbonyl (C=O) groups excluding carboxylic acids is 1. The monoisotopic (exact) mass is 502 g/mol. The van der Waals surface area contributed by atoms with Crippen LogP contribution in [0, 0.1) is 0 Å².